The van der Waals surface area contributed by atoms with Crippen molar-refractivity contribution in [2.24, 2.45) is 0 Å². The molecule has 1 aliphatic carbocycles. The average Bonchev–Trinajstić information content (AvgIpc) is 3.53. The lowest BCUT2D eigenvalue weighted by atomic mass is 9.96. The van der Waals surface area contributed by atoms with Crippen LogP contribution in [0.1, 0.15) is 17.7 Å². The van der Waals surface area contributed by atoms with Crippen LogP contribution in [0.5, 0.6) is 0 Å². The molecular weight excluding hydrogens is 464 g/mol. The summed E-state index contributed by atoms with van der Waals surface area (Å²) in [5, 5.41) is 2.35. The molecule has 1 aliphatic rings. The van der Waals surface area contributed by atoms with Gasteiger partial charge in [-0.1, -0.05) is 60.7 Å². The molecule has 3 nitrogen and oxygen atoms in total. The van der Waals surface area contributed by atoms with E-state index in [1.807, 2.05) is 18.3 Å². The van der Waals surface area contributed by atoms with Crippen molar-refractivity contribution < 1.29 is 4.42 Å². The Morgan fingerprint density at radius 2 is 1.45 bits per heavy atom. The van der Waals surface area contributed by atoms with Gasteiger partial charge in [0, 0.05) is 33.9 Å². The molecule has 180 valence electrons. The summed E-state index contributed by atoms with van der Waals surface area (Å²) in [6.45, 7) is 0. The van der Waals surface area contributed by atoms with Gasteiger partial charge in [-0.2, -0.15) is 0 Å². The van der Waals surface area contributed by atoms with E-state index in [-0.39, 0.29) is 0 Å². The van der Waals surface area contributed by atoms with Crippen molar-refractivity contribution in [3.05, 3.63) is 127 Å². The number of fused-ring (bicyclic) bond motifs is 6. The van der Waals surface area contributed by atoms with Gasteiger partial charge in [0.05, 0.1) is 5.52 Å². The number of para-hydroxylation sites is 1. The molecule has 0 atom stereocenters. The standard InChI is InChI=1S/C35H24N2O/c1-2-10-27(11-3-1)37-31-13-5-4-12-28(31)29-21-25(15-17-32(29)37)23-8-6-9-24(20-23)26-16-18-33-30(22-26)35-34(38-33)14-7-19-36-35/h1-4,6-12,14-22H,5,13H2. The zero-order valence-electron chi connectivity index (χ0n) is 20.8. The third kappa shape index (κ3) is 3.25. The van der Waals surface area contributed by atoms with Gasteiger partial charge in [-0.25, -0.2) is 0 Å². The van der Waals surface area contributed by atoms with Crippen molar-refractivity contribution in [3.8, 4) is 27.9 Å². The molecule has 0 unspecified atom stereocenters. The van der Waals surface area contributed by atoms with Crippen LogP contribution in [0, 0.1) is 0 Å². The molecule has 0 N–H and O–H groups in total. The quantitative estimate of drug-likeness (QED) is 0.248. The predicted molar refractivity (Wildman–Crippen MR) is 157 cm³/mol. The van der Waals surface area contributed by atoms with Crippen LogP contribution in [0.25, 0.3) is 67.0 Å². The summed E-state index contributed by atoms with van der Waals surface area (Å²) >= 11 is 0. The summed E-state index contributed by atoms with van der Waals surface area (Å²) in [6.07, 6.45) is 8.56. The Morgan fingerprint density at radius 1 is 0.658 bits per heavy atom. The topological polar surface area (TPSA) is 31.0 Å². The van der Waals surface area contributed by atoms with Crippen LogP contribution in [0.15, 0.2) is 120 Å². The second-order valence-electron chi connectivity index (χ2n) is 9.95. The number of pyridine rings is 1. The van der Waals surface area contributed by atoms with Crippen molar-refractivity contribution >= 4 is 39.0 Å². The molecule has 3 heterocycles. The Bertz CT molecular complexity index is 2020. The number of hydrogen-bond acceptors (Lipinski definition) is 2. The van der Waals surface area contributed by atoms with E-state index in [0.717, 1.165) is 40.5 Å². The third-order valence-corrected chi connectivity index (χ3v) is 7.71. The fourth-order valence-corrected chi connectivity index (χ4v) is 5.93. The van der Waals surface area contributed by atoms with Crippen molar-refractivity contribution in [2.45, 2.75) is 12.8 Å². The average molecular weight is 489 g/mol. The minimum Gasteiger partial charge on any atom is -0.454 e. The van der Waals surface area contributed by atoms with E-state index >= 15 is 0 Å². The summed E-state index contributed by atoms with van der Waals surface area (Å²) in [5.74, 6) is 0. The van der Waals surface area contributed by atoms with Gasteiger partial charge in [-0.3, -0.25) is 4.98 Å². The highest BCUT2D eigenvalue weighted by Gasteiger charge is 2.19. The van der Waals surface area contributed by atoms with Crippen molar-refractivity contribution in [2.75, 3.05) is 0 Å². The molecule has 38 heavy (non-hydrogen) atoms. The number of rotatable bonds is 3. The maximum absolute atomic E-state index is 5.99. The largest absolute Gasteiger partial charge is 0.454 e. The third-order valence-electron chi connectivity index (χ3n) is 7.71. The zero-order valence-corrected chi connectivity index (χ0v) is 20.8. The summed E-state index contributed by atoms with van der Waals surface area (Å²) in [4.78, 5) is 4.56. The molecule has 0 aliphatic heterocycles. The molecule has 3 aromatic heterocycles. The van der Waals surface area contributed by atoms with E-state index in [2.05, 4.69) is 113 Å². The first-order chi connectivity index (χ1) is 18.8. The first kappa shape index (κ1) is 21.2. The molecule has 0 amide bonds. The smallest absolute Gasteiger partial charge is 0.153 e. The van der Waals surface area contributed by atoms with Crippen LogP contribution in [-0.2, 0) is 6.42 Å². The lowest BCUT2D eigenvalue weighted by Crippen LogP contribution is -2.02. The first-order valence-electron chi connectivity index (χ1n) is 13.1. The summed E-state index contributed by atoms with van der Waals surface area (Å²) in [6, 6.07) is 36.7. The molecular formula is C35H24N2O. The Hall–Kier alpha value is -4.89. The van der Waals surface area contributed by atoms with E-state index in [9.17, 15) is 0 Å². The van der Waals surface area contributed by atoms with Crippen molar-refractivity contribution in [1.82, 2.24) is 9.55 Å². The maximum Gasteiger partial charge on any atom is 0.153 e. The van der Waals surface area contributed by atoms with Gasteiger partial charge in [-0.15, -0.1) is 0 Å². The van der Waals surface area contributed by atoms with Crippen LogP contribution in [-0.4, -0.2) is 9.55 Å². The summed E-state index contributed by atoms with van der Waals surface area (Å²) in [7, 11) is 0. The van der Waals surface area contributed by atoms with Crippen molar-refractivity contribution in [1.29, 1.82) is 0 Å². The predicted octanol–water partition coefficient (Wildman–Crippen LogP) is 9.22. The van der Waals surface area contributed by atoms with E-state index in [0.29, 0.717) is 0 Å². The minimum absolute atomic E-state index is 0.821. The molecule has 0 spiro atoms. The van der Waals surface area contributed by atoms with E-state index in [1.165, 1.54) is 44.5 Å². The normalized spacial score (nSPS) is 12.9. The molecule has 7 aromatic rings. The van der Waals surface area contributed by atoms with Gasteiger partial charge in [0.15, 0.2) is 5.58 Å². The van der Waals surface area contributed by atoms with Crippen LogP contribution in [0.4, 0.5) is 0 Å². The summed E-state index contributed by atoms with van der Waals surface area (Å²) < 4.78 is 8.42. The molecule has 4 aromatic carbocycles. The molecule has 0 bridgehead atoms. The van der Waals surface area contributed by atoms with E-state index < -0.39 is 0 Å². The lowest BCUT2D eigenvalue weighted by molar-refractivity contribution is 0.668. The van der Waals surface area contributed by atoms with Gasteiger partial charge in [0.25, 0.3) is 0 Å². The number of aromatic nitrogens is 2. The molecule has 0 radical (unpaired) electrons. The van der Waals surface area contributed by atoms with Gasteiger partial charge in [-0.05, 0) is 89.7 Å². The highest BCUT2D eigenvalue weighted by atomic mass is 16.3. The Kier molecular flexibility index (Phi) is 4.65. The molecule has 0 fully saturated rings. The second-order valence-corrected chi connectivity index (χ2v) is 9.95. The van der Waals surface area contributed by atoms with Crippen LogP contribution in [0.3, 0.4) is 0 Å². The molecule has 0 saturated carbocycles. The zero-order chi connectivity index (χ0) is 25.1. The van der Waals surface area contributed by atoms with Gasteiger partial charge < -0.3 is 8.98 Å². The fourth-order valence-electron chi connectivity index (χ4n) is 5.93. The van der Waals surface area contributed by atoms with Crippen LogP contribution < -0.4 is 0 Å². The number of furan rings is 1. The van der Waals surface area contributed by atoms with Crippen LogP contribution >= 0.6 is 0 Å². The maximum atomic E-state index is 5.99. The van der Waals surface area contributed by atoms with Gasteiger partial charge in [0.2, 0.25) is 0 Å². The molecule has 0 saturated heterocycles. The van der Waals surface area contributed by atoms with E-state index in [1.54, 1.807) is 0 Å². The Balaban J connectivity index is 1.26. The Labute approximate surface area is 220 Å². The number of hydrogen-bond donors (Lipinski definition) is 0. The minimum atomic E-state index is 0.821. The Morgan fingerprint density at radius 3 is 2.32 bits per heavy atom. The molecule has 3 heteroatoms. The fraction of sp³-hybridized carbons (Fsp3) is 0.0571. The highest BCUT2D eigenvalue weighted by Crippen LogP contribution is 2.37. The van der Waals surface area contributed by atoms with Gasteiger partial charge >= 0.3 is 0 Å². The monoisotopic (exact) mass is 488 g/mol. The number of allylic oxidation sites excluding steroid dienone is 1. The lowest BCUT2D eigenvalue weighted by Gasteiger charge is -2.13. The number of benzene rings is 4. The first-order valence-corrected chi connectivity index (χ1v) is 13.1. The highest BCUT2D eigenvalue weighted by molar-refractivity contribution is 6.04. The van der Waals surface area contributed by atoms with Gasteiger partial charge in [0.1, 0.15) is 11.1 Å². The summed E-state index contributed by atoms with van der Waals surface area (Å²) in [5.41, 5.74) is 12.6. The molecule has 8 rings (SSSR count). The van der Waals surface area contributed by atoms with Crippen molar-refractivity contribution in [3.63, 3.8) is 0 Å². The number of nitrogens with zero attached hydrogens (tertiary/aromatic N) is 2. The second kappa shape index (κ2) is 8.32. The SMILES string of the molecule is C1=Cc2c(n(-c3ccccc3)c3ccc(-c4cccc(-c5ccc6oc7cccnc7c6c5)c4)cc23)CC1. The van der Waals surface area contributed by atoms with E-state index in [4.69, 9.17) is 4.42 Å². The van der Waals surface area contributed by atoms with Crippen LogP contribution in [0.2, 0.25) is 0 Å².